The standard InChI is InChI=1S/C16H16ClNO2S/c1-10-4-7-14(13(17)8-10)18-16(19)12-6-5-11(21-3)9-15(12)20-2/h4-9H,1-3H3,(H,18,19). The van der Waals surface area contributed by atoms with E-state index >= 15 is 0 Å². The average Bonchev–Trinajstić information content (AvgIpc) is 2.49. The van der Waals surface area contributed by atoms with Crippen molar-refractivity contribution in [3.05, 3.63) is 52.5 Å². The maximum absolute atomic E-state index is 12.4. The molecule has 0 heterocycles. The van der Waals surface area contributed by atoms with Gasteiger partial charge in [-0.2, -0.15) is 0 Å². The van der Waals surface area contributed by atoms with E-state index in [2.05, 4.69) is 5.32 Å². The number of carbonyl (C=O) groups is 1. The molecule has 3 nitrogen and oxygen atoms in total. The van der Waals surface area contributed by atoms with Crippen LogP contribution in [0.4, 0.5) is 5.69 Å². The lowest BCUT2D eigenvalue weighted by atomic mass is 10.1. The number of benzene rings is 2. The van der Waals surface area contributed by atoms with Crippen LogP contribution in [0.1, 0.15) is 15.9 Å². The van der Waals surface area contributed by atoms with Crippen molar-refractivity contribution in [3.63, 3.8) is 0 Å². The molecular formula is C16H16ClNO2S. The van der Waals surface area contributed by atoms with Crippen molar-refractivity contribution < 1.29 is 9.53 Å². The minimum Gasteiger partial charge on any atom is -0.496 e. The Morgan fingerprint density at radius 3 is 2.62 bits per heavy atom. The van der Waals surface area contributed by atoms with E-state index in [0.717, 1.165) is 10.5 Å². The van der Waals surface area contributed by atoms with Gasteiger partial charge in [-0.25, -0.2) is 0 Å². The summed E-state index contributed by atoms with van der Waals surface area (Å²) in [7, 11) is 1.55. The molecular weight excluding hydrogens is 306 g/mol. The molecule has 0 atom stereocenters. The average molecular weight is 322 g/mol. The van der Waals surface area contributed by atoms with Crippen LogP contribution in [0.15, 0.2) is 41.3 Å². The fourth-order valence-electron chi connectivity index (χ4n) is 1.90. The highest BCUT2D eigenvalue weighted by atomic mass is 35.5. The van der Waals surface area contributed by atoms with Gasteiger partial charge in [0.25, 0.3) is 5.91 Å². The van der Waals surface area contributed by atoms with E-state index in [9.17, 15) is 4.79 Å². The van der Waals surface area contributed by atoms with Gasteiger partial charge in [-0.05, 0) is 49.1 Å². The first-order valence-electron chi connectivity index (χ1n) is 6.34. The Bertz CT molecular complexity index is 673. The zero-order valence-corrected chi connectivity index (χ0v) is 13.6. The van der Waals surface area contributed by atoms with Crippen LogP contribution >= 0.6 is 23.4 Å². The number of ether oxygens (including phenoxy) is 1. The van der Waals surface area contributed by atoms with E-state index in [1.54, 1.807) is 31.0 Å². The first kappa shape index (κ1) is 15.7. The second kappa shape index (κ2) is 6.87. The summed E-state index contributed by atoms with van der Waals surface area (Å²) in [5, 5.41) is 3.32. The van der Waals surface area contributed by atoms with E-state index in [-0.39, 0.29) is 5.91 Å². The van der Waals surface area contributed by atoms with E-state index in [1.807, 2.05) is 37.4 Å². The van der Waals surface area contributed by atoms with Crippen LogP contribution in [-0.2, 0) is 0 Å². The van der Waals surface area contributed by atoms with Gasteiger partial charge < -0.3 is 10.1 Å². The molecule has 0 aliphatic carbocycles. The van der Waals surface area contributed by atoms with Crippen molar-refractivity contribution in [2.45, 2.75) is 11.8 Å². The van der Waals surface area contributed by atoms with Crippen molar-refractivity contribution in [3.8, 4) is 5.75 Å². The predicted octanol–water partition coefficient (Wildman–Crippen LogP) is 4.63. The van der Waals surface area contributed by atoms with Gasteiger partial charge in [0, 0.05) is 4.90 Å². The summed E-state index contributed by atoms with van der Waals surface area (Å²) in [6, 6.07) is 11.0. The lowest BCUT2D eigenvalue weighted by molar-refractivity contribution is 0.102. The molecule has 0 bridgehead atoms. The number of thioether (sulfide) groups is 1. The largest absolute Gasteiger partial charge is 0.496 e. The second-order valence-electron chi connectivity index (χ2n) is 4.50. The number of anilines is 1. The number of rotatable bonds is 4. The number of hydrogen-bond donors (Lipinski definition) is 1. The maximum Gasteiger partial charge on any atom is 0.259 e. The lowest BCUT2D eigenvalue weighted by Crippen LogP contribution is -2.13. The fraction of sp³-hybridized carbons (Fsp3) is 0.188. The van der Waals surface area contributed by atoms with E-state index in [4.69, 9.17) is 16.3 Å². The third-order valence-corrected chi connectivity index (χ3v) is 4.06. The number of aryl methyl sites for hydroxylation is 1. The molecule has 2 rings (SSSR count). The first-order chi connectivity index (χ1) is 10.0. The van der Waals surface area contributed by atoms with E-state index in [0.29, 0.717) is 22.0 Å². The van der Waals surface area contributed by atoms with Crippen LogP contribution in [0.2, 0.25) is 5.02 Å². The molecule has 0 aromatic heterocycles. The van der Waals surface area contributed by atoms with Crippen molar-refractivity contribution in [2.75, 3.05) is 18.7 Å². The quantitative estimate of drug-likeness (QED) is 0.834. The number of hydrogen-bond acceptors (Lipinski definition) is 3. The summed E-state index contributed by atoms with van der Waals surface area (Å²) in [5.41, 5.74) is 2.11. The molecule has 0 aliphatic rings. The van der Waals surface area contributed by atoms with Crippen molar-refractivity contribution >= 4 is 35.0 Å². The van der Waals surface area contributed by atoms with Gasteiger partial charge in [0.05, 0.1) is 23.4 Å². The Morgan fingerprint density at radius 2 is 2.00 bits per heavy atom. The Morgan fingerprint density at radius 1 is 1.24 bits per heavy atom. The minimum atomic E-state index is -0.245. The fourth-order valence-corrected chi connectivity index (χ4v) is 2.61. The van der Waals surface area contributed by atoms with Crippen LogP contribution in [0.5, 0.6) is 5.75 Å². The summed E-state index contributed by atoms with van der Waals surface area (Å²) >= 11 is 7.73. The highest BCUT2D eigenvalue weighted by Gasteiger charge is 2.14. The molecule has 2 aromatic carbocycles. The van der Waals surface area contributed by atoms with E-state index in [1.165, 1.54) is 0 Å². The molecule has 21 heavy (non-hydrogen) atoms. The smallest absolute Gasteiger partial charge is 0.259 e. The number of halogens is 1. The normalized spacial score (nSPS) is 10.3. The Balaban J connectivity index is 2.28. The molecule has 0 saturated heterocycles. The topological polar surface area (TPSA) is 38.3 Å². The van der Waals surface area contributed by atoms with Gasteiger partial charge in [-0.1, -0.05) is 17.7 Å². The van der Waals surface area contributed by atoms with Gasteiger partial charge >= 0.3 is 0 Å². The molecule has 0 aliphatic heterocycles. The number of methoxy groups -OCH3 is 1. The molecule has 5 heteroatoms. The van der Waals surface area contributed by atoms with Gasteiger partial charge in [0.15, 0.2) is 0 Å². The highest BCUT2D eigenvalue weighted by molar-refractivity contribution is 7.98. The molecule has 2 aromatic rings. The molecule has 1 amide bonds. The SMILES string of the molecule is COc1cc(SC)ccc1C(=O)Nc1ccc(C)cc1Cl. The summed E-state index contributed by atoms with van der Waals surface area (Å²) in [5.74, 6) is 0.299. The Hall–Kier alpha value is -1.65. The van der Waals surface area contributed by atoms with Crippen LogP contribution in [-0.4, -0.2) is 19.3 Å². The van der Waals surface area contributed by atoms with Gasteiger partial charge in [0.2, 0.25) is 0 Å². The number of nitrogens with one attached hydrogen (secondary N) is 1. The molecule has 0 unspecified atom stereocenters. The van der Waals surface area contributed by atoms with Crippen molar-refractivity contribution in [2.24, 2.45) is 0 Å². The highest BCUT2D eigenvalue weighted by Crippen LogP contribution is 2.28. The minimum absolute atomic E-state index is 0.245. The van der Waals surface area contributed by atoms with Gasteiger partial charge in [-0.15, -0.1) is 11.8 Å². The second-order valence-corrected chi connectivity index (χ2v) is 5.79. The Labute approximate surface area is 133 Å². The monoisotopic (exact) mass is 321 g/mol. The molecule has 110 valence electrons. The molecule has 0 fully saturated rings. The van der Waals surface area contributed by atoms with Crippen LogP contribution < -0.4 is 10.1 Å². The molecule has 1 N–H and O–H groups in total. The number of amides is 1. The Kier molecular flexibility index (Phi) is 5.15. The molecule has 0 saturated carbocycles. The molecule has 0 spiro atoms. The summed E-state index contributed by atoms with van der Waals surface area (Å²) in [6.45, 7) is 1.95. The van der Waals surface area contributed by atoms with Crippen LogP contribution in [0.25, 0.3) is 0 Å². The zero-order chi connectivity index (χ0) is 15.4. The first-order valence-corrected chi connectivity index (χ1v) is 7.95. The van der Waals surface area contributed by atoms with Crippen LogP contribution in [0.3, 0.4) is 0 Å². The van der Waals surface area contributed by atoms with Gasteiger partial charge in [-0.3, -0.25) is 4.79 Å². The maximum atomic E-state index is 12.4. The van der Waals surface area contributed by atoms with Crippen LogP contribution in [0, 0.1) is 6.92 Å². The molecule has 0 radical (unpaired) electrons. The third kappa shape index (κ3) is 3.71. The summed E-state index contributed by atoms with van der Waals surface area (Å²) in [6.07, 6.45) is 1.97. The van der Waals surface area contributed by atoms with E-state index < -0.39 is 0 Å². The lowest BCUT2D eigenvalue weighted by Gasteiger charge is -2.11. The van der Waals surface area contributed by atoms with Crippen molar-refractivity contribution in [1.82, 2.24) is 0 Å². The van der Waals surface area contributed by atoms with Gasteiger partial charge in [0.1, 0.15) is 5.75 Å². The zero-order valence-electron chi connectivity index (χ0n) is 12.1. The predicted molar refractivity (Wildman–Crippen MR) is 88.9 cm³/mol. The summed E-state index contributed by atoms with van der Waals surface area (Å²) in [4.78, 5) is 13.4. The van der Waals surface area contributed by atoms with Crippen molar-refractivity contribution in [1.29, 1.82) is 0 Å². The third-order valence-electron chi connectivity index (χ3n) is 3.03. The summed E-state index contributed by atoms with van der Waals surface area (Å²) < 4.78 is 5.29. The number of carbonyl (C=O) groups excluding carboxylic acids is 1.